The number of aliphatic carboxylic acids is 1. The molecule has 1 heterocycles. The van der Waals surface area contributed by atoms with Gasteiger partial charge in [-0.2, -0.15) is 0 Å². The van der Waals surface area contributed by atoms with E-state index in [1.165, 1.54) is 12.1 Å². The molecule has 1 aromatic carbocycles. The molecule has 2 amide bonds. The Balaban J connectivity index is 1.67. The number of carbonyl (C=O) groups is 2. The molecule has 1 aromatic rings. The number of piperidine rings is 1. The van der Waals surface area contributed by atoms with E-state index in [0.717, 1.165) is 0 Å². The van der Waals surface area contributed by atoms with Gasteiger partial charge in [0.05, 0.1) is 0 Å². The molecule has 0 aliphatic carbocycles. The summed E-state index contributed by atoms with van der Waals surface area (Å²) < 4.78 is 18.6. The lowest BCUT2D eigenvalue weighted by molar-refractivity contribution is -0.137. The van der Waals surface area contributed by atoms with Gasteiger partial charge in [-0.1, -0.05) is 0 Å². The molecular formula is C16H21FN2O4. The molecular weight excluding hydrogens is 303 g/mol. The van der Waals surface area contributed by atoms with Gasteiger partial charge in [-0.3, -0.25) is 4.79 Å². The number of rotatable bonds is 6. The minimum Gasteiger partial charge on any atom is -0.490 e. The van der Waals surface area contributed by atoms with Gasteiger partial charge in [0.1, 0.15) is 17.7 Å². The summed E-state index contributed by atoms with van der Waals surface area (Å²) in [6.45, 7) is 1.52. The zero-order valence-corrected chi connectivity index (χ0v) is 12.8. The first-order valence-electron chi connectivity index (χ1n) is 7.71. The minimum atomic E-state index is -0.863. The van der Waals surface area contributed by atoms with E-state index in [9.17, 15) is 14.0 Å². The molecule has 0 aromatic heterocycles. The van der Waals surface area contributed by atoms with Crippen LogP contribution in [0.4, 0.5) is 9.18 Å². The molecule has 1 saturated heterocycles. The van der Waals surface area contributed by atoms with Crippen molar-refractivity contribution in [3.05, 3.63) is 30.1 Å². The van der Waals surface area contributed by atoms with Crippen LogP contribution in [0.3, 0.4) is 0 Å². The molecule has 0 unspecified atom stereocenters. The number of hydrogen-bond acceptors (Lipinski definition) is 3. The molecule has 0 spiro atoms. The number of carboxylic acid groups (broad SMARTS) is 1. The molecule has 0 atom stereocenters. The van der Waals surface area contributed by atoms with Crippen molar-refractivity contribution in [1.82, 2.24) is 10.2 Å². The van der Waals surface area contributed by atoms with Crippen molar-refractivity contribution < 1.29 is 23.8 Å². The Hall–Kier alpha value is -2.31. The number of carbonyl (C=O) groups excluding carboxylic acids is 1. The molecule has 1 fully saturated rings. The van der Waals surface area contributed by atoms with Crippen molar-refractivity contribution in [2.45, 2.75) is 31.8 Å². The number of amides is 2. The van der Waals surface area contributed by atoms with E-state index >= 15 is 0 Å². The smallest absolute Gasteiger partial charge is 0.317 e. The Morgan fingerprint density at radius 1 is 1.26 bits per heavy atom. The number of carboxylic acids is 1. The highest BCUT2D eigenvalue weighted by molar-refractivity contribution is 5.74. The fourth-order valence-electron chi connectivity index (χ4n) is 2.43. The number of nitrogens with zero attached hydrogens (tertiary/aromatic N) is 1. The highest BCUT2D eigenvalue weighted by atomic mass is 19.1. The Morgan fingerprint density at radius 2 is 1.91 bits per heavy atom. The number of likely N-dealkylation sites (tertiary alicyclic amines) is 1. The largest absolute Gasteiger partial charge is 0.490 e. The summed E-state index contributed by atoms with van der Waals surface area (Å²) in [4.78, 5) is 24.0. The normalized spacial score (nSPS) is 15.3. The van der Waals surface area contributed by atoms with Crippen LogP contribution in [-0.4, -0.2) is 47.7 Å². The van der Waals surface area contributed by atoms with Crippen molar-refractivity contribution in [2.75, 3.05) is 19.6 Å². The van der Waals surface area contributed by atoms with Gasteiger partial charge in [0.2, 0.25) is 0 Å². The van der Waals surface area contributed by atoms with Crippen molar-refractivity contribution in [2.24, 2.45) is 0 Å². The van der Waals surface area contributed by atoms with E-state index in [2.05, 4.69) is 5.32 Å². The molecule has 2 rings (SSSR count). The second-order valence-corrected chi connectivity index (χ2v) is 5.49. The van der Waals surface area contributed by atoms with Gasteiger partial charge < -0.3 is 20.1 Å². The Bertz CT molecular complexity index is 527. The van der Waals surface area contributed by atoms with Crippen LogP contribution in [0.5, 0.6) is 5.75 Å². The van der Waals surface area contributed by atoms with E-state index in [1.807, 2.05) is 0 Å². The van der Waals surface area contributed by atoms with Gasteiger partial charge >= 0.3 is 12.0 Å². The summed E-state index contributed by atoms with van der Waals surface area (Å²) in [6.07, 6.45) is 1.90. The van der Waals surface area contributed by atoms with Crippen LogP contribution in [-0.2, 0) is 4.79 Å². The lowest BCUT2D eigenvalue weighted by atomic mass is 10.1. The van der Waals surface area contributed by atoms with Crippen LogP contribution in [0.1, 0.15) is 25.7 Å². The molecule has 7 heteroatoms. The van der Waals surface area contributed by atoms with Crippen LogP contribution < -0.4 is 10.1 Å². The Labute approximate surface area is 134 Å². The lowest BCUT2D eigenvalue weighted by Crippen LogP contribution is -2.46. The summed E-state index contributed by atoms with van der Waals surface area (Å²) >= 11 is 0. The van der Waals surface area contributed by atoms with Crippen LogP contribution in [0, 0.1) is 5.82 Å². The maximum atomic E-state index is 12.8. The van der Waals surface area contributed by atoms with Gasteiger partial charge in [-0.25, -0.2) is 9.18 Å². The van der Waals surface area contributed by atoms with Gasteiger partial charge in [0.15, 0.2) is 0 Å². The number of nitrogens with one attached hydrogen (secondary N) is 1. The van der Waals surface area contributed by atoms with Crippen LogP contribution in [0.25, 0.3) is 0 Å². The third-order valence-corrected chi connectivity index (χ3v) is 3.69. The van der Waals surface area contributed by atoms with Crippen LogP contribution in [0.15, 0.2) is 24.3 Å². The molecule has 0 saturated carbocycles. The Morgan fingerprint density at radius 3 is 2.52 bits per heavy atom. The molecule has 126 valence electrons. The third-order valence-electron chi connectivity index (χ3n) is 3.69. The number of hydrogen-bond donors (Lipinski definition) is 2. The first-order chi connectivity index (χ1) is 11.0. The molecule has 0 bridgehead atoms. The second-order valence-electron chi connectivity index (χ2n) is 5.49. The molecule has 23 heavy (non-hydrogen) atoms. The van der Waals surface area contributed by atoms with Gasteiger partial charge in [-0.05, 0) is 30.7 Å². The average Bonchev–Trinajstić information content (AvgIpc) is 2.54. The first kappa shape index (κ1) is 17.1. The highest BCUT2D eigenvalue weighted by Crippen LogP contribution is 2.19. The van der Waals surface area contributed by atoms with Gasteiger partial charge in [0, 0.05) is 38.9 Å². The highest BCUT2D eigenvalue weighted by Gasteiger charge is 2.23. The van der Waals surface area contributed by atoms with E-state index < -0.39 is 5.97 Å². The zero-order valence-electron chi connectivity index (χ0n) is 12.8. The molecule has 0 radical (unpaired) electrons. The maximum Gasteiger partial charge on any atom is 0.317 e. The fourth-order valence-corrected chi connectivity index (χ4v) is 2.43. The van der Waals surface area contributed by atoms with Crippen molar-refractivity contribution in [3.8, 4) is 5.75 Å². The maximum absolute atomic E-state index is 12.8. The fraction of sp³-hybridized carbons (Fsp3) is 0.500. The topological polar surface area (TPSA) is 78.9 Å². The minimum absolute atomic E-state index is 0.0107. The van der Waals surface area contributed by atoms with Crippen molar-refractivity contribution in [3.63, 3.8) is 0 Å². The second kappa shape index (κ2) is 8.36. The standard InChI is InChI=1S/C16H21FN2O4/c17-12-3-5-13(6-4-12)23-14-7-10-19(11-8-14)16(22)18-9-1-2-15(20)21/h3-6,14H,1-2,7-11H2,(H,18,22)(H,20,21). The lowest BCUT2D eigenvalue weighted by Gasteiger charge is -2.32. The van der Waals surface area contributed by atoms with Gasteiger partial charge in [0.25, 0.3) is 0 Å². The summed E-state index contributed by atoms with van der Waals surface area (Å²) in [5.74, 6) is -0.535. The number of benzene rings is 1. The molecule has 6 nitrogen and oxygen atoms in total. The van der Waals surface area contributed by atoms with Crippen molar-refractivity contribution in [1.29, 1.82) is 0 Å². The molecule has 2 N–H and O–H groups in total. The number of ether oxygens (including phenoxy) is 1. The quantitative estimate of drug-likeness (QED) is 0.787. The summed E-state index contributed by atoms with van der Waals surface area (Å²) in [6, 6.07) is 5.73. The van der Waals surface area contributed by atoms with Crippen LogP contribution in [0.2, 0.25) is 0 Å². The van der Waals surface area contributed by atoms with Crippen molar-refractivity contribution >= 4 is 12.0 Å². The summed E-state index contributed by atoms with van der Waals surface area (Å²) in [7, 11) is 0. The number of halogens is 1. The molecule has 1 aliphatic heterocycles. The predicted octanol–water partition coefficient (Wildman–Crippen LogP) is 2.24. The summed E-state index contributed by atoms with van der Waals surface area (Å²) in [5.41, 5.74) is 0. The molecule has 1 aliphatic rings. The Kier molecular flexibility index (Phi) is 6.19. The van der Waals surface area contributed by atoms with E-state index in [-0.39, 0.29) is 24.4 Å². The monoisotopic (exact) mass is 324 g/mol. The van der Waals surface area contributed by atoms with Gasteiger partial charge in [-0.15, -0.1) is 0 Å². The van der Waals surface area contributed by atoms with Crippen LogP contribution >= 0.6 is 0 Å². The number of urea groups is 1. The van der Waals surface area contributed by atoms with E-state index in [4.69, 9.17) is 9.84 Å². The first-order valence-corrected chi connectivity index (χ1v) is 7.71. The average molecular weight is 324 g/mol. The summed E-state index contributed by atoms with van der Waals surface area (Å²) in [5, 5.41) is 11.3. The predicted molar refractivity (Wildman–Crippen MR) is 81.9 cm³/mol. The van der Waals surface area contributed by atoms with E-state index in [1.54, 1.807) is 17.0 Å². The third kappa shape index (κ3) is 5.77. The zero-order chi connectivity index (χ0) is 16.7. The SMILES string of the molecule is O=C(O)CCCNC(=O)N1CCC(Oc2ccc(F)cc2)CC1. The van der Waals surface area contributed by atoms with E-state index in [0.29, 0.717) is 44.6 Å².